The van der Waals surface area contributed by atoms with E-state index in [-0.39, 0.29) is 23.3 Å². The third-order valence-electron chi connectivity index (χ3n) is 3.47. The fourth-order valence-electron chi connectivity index (χ4n) is 2.31. The highest BCUT2D eigenvalue weighted by Gasteiger charge is 2.23. The van der Waals surface area contributed by atoms with Crippen molar-refractivity contribution >= 4 is 17.5 Å². The van der Waals surface area contributed by atoms with Crippen molar-refractivity contribution in [3.63, 3.8) is 0 Å². The average molecular weight is 265 g/mol. The molecule has 1 aliphatic rings. The normalized spacial score (nSPS) is 17.3. The van der Waals surface area contributed by atoms with Crippen molar-refractivity contribution in [1.82, 2.24) is 15.1 Å². The monoisotopic (exact) mass is 265 g/mol. The van der Waals surface area contributed by atoms with Crippen LogP contribution in [0.25, 0.3) is 0 Å². The Morgan fingerprint density at radius 1 is 1.47 bits per heavy atom. The summed E-state index contributed by atoms with van der Waals surface area (Å²) in [7, 11) is 0. The number of carbonyl (C=O) groups is 2. The maximum Gasteiger partial charge on any atom is 0.271 e. The van der Waals surface area contributed by atoms with Gasteiger partial charge in [0, 0.05) is 12.2 Å². The minimum Gasteiger partial charge on any atom is -0.396 e. The molecule has 104 valence electrons. The molecule has 1 saturated carbocycles. The van der Waals surface area contributed by atoms with Gasteiger partial charge in [0.1, 0.15) is 6.04 Å². The SMILES string of the molecule is CC(C(=O)NC1CCCC1)n1cc(N)c(C(N)=O)n1. The molecule has 0 aromatic carbocycles. The zero-order chi connectivity index (χ0) is 14.0. The van der Waals surface area contributed by atoms with E-state index in [4.69, 9.17) is 11.5 Å². The Morgan fingerprint density at radius 3 is 2.63 bits per heavy atom. The molecule has 0 aliphatic heterocycles. The summed E-state index contributed by atoms with van der Waals surface area (Å²) in [5.41, 5.74) is 11.0. The molecule has 1 heterocycles. The third-order valence-corrected chi connectivity index (χ3v) is 3.47. The third kappa shape index (κ3) is 2.86. The fraction of sp³-hybridized carbons (Fsp3) is 0.583. The van der Waals surface area contributed by atoms with Gasteiger partial charge >= 0.3 is 0 Å². The van der Waals surface area contributed by atoms with Gasteiger partial charge in [-0.3, -0.25) is 14.3 Å². The molecule has 1 atom stereocenters. The molecule has 2 amide bonds. The fourth-order valence-corrected chi connectivity index (χ4v) is 2.31. The van der Waals surface area contributed by atoms with Gasteiger partial charge in [-0.25, -0.2) is 0 Å². The Morgan fingerprint density at radius 2 is 2.11 bits per heavy atom. The van der Waals surface area contributed by atoms with E-state index in [0.717, 1.165) is 25.7 Å². The first kappa shape index (κ1) is 13.4. The van der Waals surface area contributed by atoms with Crippen molar-refractivity contribution in [1.29, 1.82) is 0 Å². The van der Waals surface area contributed by atoms with Crippen LogP contribution in [0.15, 0.2) is 6.20 Å². The summed E-state index contributed by atoms with van der Waals surface area (Å²) in [4.78, 5) is 23.1. The summed E-state index contributed by atoms with van der Waals surface area (Å²) in [5, 5.41) is 6.94. The molecule has 0 spiro atoms. The highest BCUT2D eigenvalue weighted by Crippen LogP contribution is 2.19. The Bertz CT molecular complexity index is 490. The highest BCUT2D eigenvalue weighted by molar-refractivity contribution is 5.95. The number of hydrogen-bond acceptors (Lipinski definition) is 4. The molecular weight excluding hydrogens is 246 g/mol. The largest absolute Gasteiger partial charge is 0.396 e. The molecule has 19 heavy (non-hydrogen) atoms. The Kier molecular flexibility index (Phi) is 3.73. The van der Waals surface area contributed by atoms with E-state index in [1.165, 1.54) is 10.9 Å². The van der Waals surface area contributed by atoms with Crippen LogP contribution in [0.4, 0.5) is 5.69 Å². The van der Waals surface area contributed by atoms with E-state index in [0.29, 0.717) is 0 Å². The van der Waals surface area contributed by atoms with E-state index < -0.39 is 11.9 Å². The van der Waals surface area contributed by atoms with Crippen molar-refractivity contribution in [3.8, 4) is 0 Å². The van der Waals surface area contributed by atoms with Gasteiger partial charge < -0.3 is 16.8 Å². The lowest BCUT2D eigenvalue weighted by Gasteiger charge is -2.16. The molecule has 0 bridgehead atoms. The molecule has 5 N–H and O–H groups in total. The Balaban J connectivity index is 2.05. The predicted molar refractivity (Wildman–Crippen MR) is 70.3 cm³/mol. The number of nitrogen functional groups attached to an aromatic ring is 1. The van der Waals surface area contributed by atoms with Gasteiger partial charge in [-0.05, 0) is 19.8 Å². The minimum absolute atomic E-state index is 0.000478. The molecule has 7 nitrogen and oxygen atoms in total. The van der Waals surface area contributed by atoms with Crippen LogP contribution in [0.3, 0.4) is 0 Å². The number of anilines is 1. The standard InChI is InChI=1S/C12H19N5O2/c1-7(12(19)15-8-4-2-3-5-8)17-6-9(13)10(16-17)11(14)18/h6-8H,2-5,13H2,1H3,(H2,14,18)(H,15,19). The number of primary amides is 1. The lowest BCUT2D eigenvalue weighted by atomic mass is 10.2. The molecule has 1 unspecified atom stereocenters. The second-order valence-corrected chi connectivity index (χ2v) is 4.94. The molecule has 1 aromatic heterocycles. The number of hydrogen-bond donors (Lipinski definition) is 3. The van der Waals surface area contributed by atoms with Gasteiger partial charge in [0.15, 0.2) is 5.69 Å². The van der Waals surface area contributed by atoms with E-state index >= 15 is 0 Å². The molecule has 2 rings (SSSR count). The zero-order valence-electron chi connectivity index (χ0n) is 10.9. The van der Waals surface area contributed by atoms with Crippen LogP contribution in [0, 0.1) is 0 Å². The maximum absolute atomic E-state index is 12.1. The second kappa shape index (κ2) is 5.29. The van der Waals surface area contributed by atoms with Crippen molar-refractivity contribution in [2.24, 2.45) is 5.73 Å². The number of nitrogens with two attached hydrogens (primary N) is 2. The zero-order valence-corrected chi connectivity index (χ0v) is 10.9. The lowest BCUT2D eigenvalue weighted by Crippen LogP contribution is -2.37. The molecule has 7 heteroatoms. The van der Waals surface area contributed by atoms with Crippen molar-refractivity contribution in [2.75, 3.05) is 5.73 Å². The summed E-state index contributed by atoms with van der Waals surface area (Å²) >= 11 is 0. The molecule has 0 saturated heterocycles. The molecule has 0 radical (unpaired) electrons. The van der Waals surface area contributed by atoms with E-state index in [9.17, 15) is 9.59 Å². The quantitative estimate of drug-likeness (QED) is 0.720. The topological polar surface area (TPSA) is 116 Å². The highest BCUT2D eigenvalue weighted by atomic mass is 16.2. The van der Waals surface area contributed by atoms with Gasteiger partial charge in [-0.1, -0.05) is 12.8 Å². The Hall–Kier alpha value is -2.05. The van der Waals surface area contributed by atoms with Gasteiger partial charge in [-0.15, -0.1) is 0 Å². The van der Waals surface area contributed by atoms with Crippen LogP contribution >= 0.6 is 0 Å². The van der Waals surface area contributed by atoms with E-state index in [1.54, 1.807) is 6.92 Å². The first-order chi connectivity index (χ1) is 8.99. The first-order valence-electron chi connectivity index (χ1n) is 6.44. The van der Waals surface area contributed by atoms with Crippen molar-refractivity contribution in [2.45, 2.75) is 44.7 Å². The number of carbonyl (C=O) groups excluding carboxylic acids is 2. The van der Waals surface area contributed by atoms with Crippen molar-refractivity contribution in [3.05, 3.63) is 11.9 Å². The van der Waals surface area contributed by atoms with E-state index in [1.807, 2.05) is 0 Å². The number of nitrogens with one attached hydrogen (secondary N) is 1. The summed E-state index contributed by atoms with van der Waals surface area (Å²) in [6, 6.07) is -0.269. The van der Waals surface area contributed by atoms with Gasteiger partial charge in [0.05, 0.1) is 5.69 Å². The molecule has 1 aliphatic carbocycles. The molecule has 1 fully saturated rings. The second-order valence-electron chi connectivity index (χ2n) is 4.94. The van der Waals surface area contributed by atoms with Crippen LogP contribution in [0.1, 0.15) is 49.1 Å². The average Bonchev–Trinajstić information content (AvgIpc) is 2.97. The lowest BCUT2D eigenvalue weighted by molar-refractivity contribution is -0.124. The van der Waals surface area contributed by atoms with Crippen LogP contribution in [-0.2, 0) is 4.79 Å². The summed E-state index contributed by atoms with van der Waals surface area (Å²) in [5.74, 6) is -0.815. The predicted octanol–water partition coefficient (Wildman–Crippen LogP) is 0.184. The number of rotatable bonds is 4. The van der Waals surface area contributed by atoms with Gasteiger partial charge in [-0.2, -0.15) is 5.10 Å². The summed E-state index contributed by atoms with van der Waals surface area (Å²) in [6.07, 6.45) is 5.80. The van der Waals surface area contributed by atoms with Crippen LogP contribution in [0.2, 0.25) is 0 Å². The summed E-state index contributed by atoms with van der Waals surface area (Å²) < 4.78 is 1.37. The number of aromatic nitrogens is 2. The van der Waals surface area contributed by atoms with Crippen molar-refractivity contribution < 1.29 is 9.59 Å². The van der Waals surface area contributed by atoms with Crippen LogP contribution in [0.5, 0.6) is 0 Å². The molecular formula is C12H19N5O2. The van der Waals surface area contributed by atoms with Crippen LogP contribution < -0.4 is 16.8 Å². The maximum atomic E-state index is 12.1. The Labute approximate surface area is 111 Å². The van der Waals surface area contributed by atoms with E-state index in [2.05, 4.69) is 10.4 Å². The smallest absolute Gasteiger partial charge is 0.271 e. The number of amides is 2. The molecule has 1 aromatic rings. The van der Waals surface area contributed by atoms with Gasteiger partial charge in [0.2, 0.25) is 5.91 Å². The van der Waals surface area contributed by atoms with Crippen LogP contribution in [-0.4, -0.2) is 27.6 Å². The first-order valence-corrected chi connectivity index (χ1v) is 6.44. The number of nitrogens with zero attached hydrogens (tertiary/aromatic N) is 2. The van der Waals surface area contributed by atoms with Gasteiger partial charge in [0.25, 0.3) is 5.91 Å². The summed E-state index contributed by atoms with van der Waals surface area (Å²) in [6.45, 7) is 1.71. The minimum atomic E-state index is -0.695.